The Bertz CT molecular complexity index is 424. The van der Waals surface area contributed by atoms with Crippen LogP contribution in [0, 0.1) is 0 Å². The molecule has 1 aromatic rings. The van der Waals surface area contributed by atoms with Crippen molar-refractivity contribution in [3.63, 3.8) is 0 Å². The zero-order valence-corrected chi connectivity index (χ0v) is 12.7. The molecule has 20 heavy (non-hydrogen) atoms. The molecule has 0 aliphatic rings. The lowest BCUT2D eigenvalue weighted by Crippen LogP contribution is -2.41. The maximum absolute atomic E-state index is 11.7. The van der Waals surface area contributed by atoms with Crippen molar-refractivity contribution in [1.29, 1.82) is 0 Å². The molecule has 6 heteroatoms. The van der Waals surface area contributed by atoms with E-state index in [0.717, 1.165) is 18.1 Å². The lowest BCUT2D eigenvalue weighted by molar-refractivity contribution is -0.143. The first kappa shape index (κ1) is 16.4. The van der Waals surface area contributed by atoms with E-state index in [0.29, 0.717) is 6.42 Å². The predicted octanol–water partition coefficient (Wildman–Crippen LogP) is 2.11. The zero-order valence-electron chi connectivity index (χ0n) is 11.5. The molecule has 1 N–H and O–H groups in total. The van der Waals surface area contributed by atoms with Gasteiger partial charge in [0, 0.05) is 0 Å². The number of carbonyl (C=O) groups is 2. The first-order chi connectivity index (χ1) is 9.67. The van der Waals surface area contributed by atoms with Gasteiger partial charge in [0.05, 0.1) is 7.11 Å². The molecule has 5 nitrogen and oxygen atoms in total. The van der Waals surface area contributed by atoms with Crippen LogP contribution in [-0.2, 0) is 20.9 Å². The Hall–Kier alpha value is -1.61. The van der Waals surface area contributed by atoms with Gasteiger partial charge in [-0.2, -0.15) is 0 Å². The Morgan fingerprint density at radius 3 is 2.60 bits per heavy atom. The number of ether oxygens (including phenoxy) is 2. The number of rotatable bonds is 7. The van der Waals surface area contributed by atoms with Gasteiger partial charge >= 0.3 is 12.1 Å². The van der Waals surface area contributed by atoms with Crippen LogP contribution in [-0.4, -0.2) is 31.4 Å². The second-order valence-corrected chi connectivity index (χ2v) is 4.79. The van der Waals surface area contributed by atoms with Crippen LogP contribution in [0.15, 0.2) is 30.3 Å². The highest BCUT2D eigenvalue weighted by molar-refractivity contribution is 7.16. The molecule has 0 aromatic heterocycles. The fraction of sp³-hybridized carbons (Fsp3) is 0.429. The summed E-state index contributed by atoms with van der Waals surface area (Å²) < 4.78 is 9.73. The minimum absolute atomic E-state index is 0.171. The van der Waals surface area contributed by atoms with Crippen molar-refractivity contribution in [2.24, 2.45) is 0 Å². The van der Waals surface area contributed by atoms with Crippen LogP contribution in [0.3, 0.4) is 0 Å². The first-order valence-corrected chi connectivity index (χ1v) is 7.24. The Kier molecular flexibility index (Phi) is 7.66. The van der Waals surface area contributed by atoms with E-state index >= 15 is 0 Å². The van der Waals surface area contributed by atoms with E-state index in [9.17, 15) is 9.59 Å². The molecule has 0 aliphatic carbocycles. The number of nitrogens with one attached hydrogen (secondary N) is 1. The Labute approximate surface area is 121 Å². The van der Waals surface area contributed by atoms with E-state index in [4.69, 9.17) is 4.74 Å². The SMILES string of the molecule is COC(=O)C(CCCP)NC(=O)OCc1ccccc1. The lowest BCUT2D eigenvalue weighted by Gasteiger charge is -2.16. The summed E-state index contributed by atoms with van der Waals surface area (Å²) in [5, 5.41) is 2.53. The Morgan fingerprint density at radius 2 is 2.00 bits per heavy atom. The van der Waals surface area contributed by atoms with Crippen LogP contribution in [0.5, 0.6) is 0 Å². The van der Waals surface area contributed by atoms with Crippen molar-refractivity contribution in [1.82, 2.24) is 5.32 Å². The van der Waals surface area contributed by atoms with Crippen LogP contribution < -0.4 is 5.32 Å². The third-order valence-electron chi connectivity index (χ3n) is 2.69. The van der Waals surface area contributed by atoms with Gasteiger partial charge in [0.2, 0.25) is 0 Å². The molecule has 0 fully saturated rings. The van der Waals surface area contributed by atoms with Crippen molar-refractivity contribution in [3.8, 4) is 0 Å². The van der Waals surface area contributed by atoms with Crippen LogP contribution in [0.25, 0.3) is 0 Å². The fourth-order valence-corrected chi connectivity index (χ4v) is 1.86. The lowest BCUT2D eigenvalue weighted by atomic mass is 10.2. The summed E-state index contributed by atoms with van der Waals surface area (Å²) in [5.74, 6) is -0.458. The van der Waals surface area contributed by atoms with Gasteiger partial charge in [-0.15, -0.1) is 9.24 Å². The van der Waals surface area contributed by atoms with E-state index in [1.165, 1.54) is 7.11 Å². The molecule has 0 heterocycles. The molecule has 1 aromatic carbocycles. The standard InChI is InChI=1S/C14H20NO4P/c1-18-13(16)12(8-5-9-20)15-14(17)19-10-11-6-3-2-4-7-11/h2-4,6-7,12H,5,8-10,20H2,1H3,(H,15,17). The molecule has 0 aliphatic heterocycles. The van der Waals surface area contributed by atoms with Gasteiger partial charge in [-0.3, -0.25) is 0 Å². The number of amides is 1. The molecule has 0 bridgehead atoms. The predicted molar refractivity (Wildman–Crippen MR) is 79.4 cm³/mol. The second kappa shape index (κ2) is 9.32. The highest BCUT2D eigenvalue weighted by Gasteiger charge is 2.21. The molecule has 2 unspecified atom stereocenters. The van der Waals surface area contributed by atoms with Gasteiger partial charge in [-0.1, -0.05) is 30.3 Å². The largest absolute Gasteiger partial charge is 0.467 e. The van der Waals surface area contributed by atoms with Crippen LogP contribution in [0.1, 0.15) is 18.4 Å². The summed E-state index contributed by atoms with van der Waals surface area (Å²) in [4.78, 5) is 23.2. The average Bonchev–Trinajstić information content (AvgIpc) is 2.49. The first-order valence-electron chi connectivity index (χ1n) is 6.42. The van der Waals surface area contributed by atoms with Crippen LogP contribution >= 0.6 is 9.24 Å². The number of methoxy groups -OCH3 is 1. The monoisotopic (exact) mass is 297 g/mol. The van der Waals surface area contributed by atoms with Crippen molar-refractivity contribution < 1.29 is 19.1 Å². The molecule has 1 amide bonds. The van der Waals surface area contributed by atoms with E-state index in [-0.39, 0.29) is 6.61 Å². The van der Waals surface area contributed by atoms with Gasteiger partial charge in [0.25, 0.3) is 0 Å². The molecule has 110 valence electrons. The van der Waals surface area contributed by atoms with Gasteiger partial charge in [0.1, 0.15) is 12.6 Å². The van der Waals surface area contributed by atoms with Gasteiger partial charge in [0.15, 0.2) is 0 Å². The molecule has 2 atom stereocenters. The second-order valence-electron chi connectivity index (χ2n) is 4.21. The summed E-state index contributed by atoms with van der Waals surface area (Å²) in [5.41, 5.74) is 0.891. The van der Waals surface area contributed by atoms with E-state index in [1.807, 2.05) is 30.3 Å². The summed E-state index contributed by atoms with van der Waals surface area (Å²) in [6.45, 7) is 0.171. The third kappa shape index (κ3) is 6.02. The van der Waals surface area contributed by atoms with E-state index in [2.05, 4.69) is 19.3 Å². The summed E-state index contributed by atoms with van der Waals surface area (Å²) in [6.07, 6.45) is 1.56. The molecule has 0 radical (unpaired) electrons. The summed E-state index contributed by atoms with van der Waals surface area (Å²) in [6, 6.07) is 8.68. The molecule has 0 spiro atoms. The fourth-order valence-electron chi connectivity index (χ4n) is 1.62. The maximum atomic E-state index is 11.7. The maximum Gasteiger partial charge on any atom is 0.408 e. The van der Waals surface area contributed by atoms with Gasteiger partial charge in [-0.25, -0.2) is 9.59 Å². The van der Waals surface area contributed by atoms with Gasteiger partial charge < -0.3 is 14.8 Å². The third-order valence-corrected chi connectivity index (χ3v) is 3.10. The molecule has 1 rings (SSSR count). The number of esters is 1. The van der Waals surface area contributed by atoms with Crippen molar-refractivity contribution in [2.75, 3.05) is 13.3 Å². The smallest absolute Gasteiger partial charge is 0.408 e. The summed E-state index contributed by atoms with van der Waals surface area (Å²) >= 11 is 0. The van der Waals surface area contributed by atoms with E-state index < -0.39 is 18.1 Å². The molecular formula is C14H20NO4P. The minimum Gasteiger partial charge on any atom is -0.467 e. The number of alkyl carbamates (subject to hydrolysis) is 1. The van der Waals surface area contributed by atoms with Crippen LogP contribution in [0.4, 0.5) is 4.79 Å². The highest BCUT2D eigenvalue weighted by Crippen LogP contribution is 2.04. The Morgan fingerprint density at radius 1 is 1.30 bits per heavy atom. The topological polar surface area (TPSA) is 64.6 Å². The minimum atomic E-state index is -0.663. The van der Waals surface area contributed by atoms with Crippen molar-refractivity contribution in [2.45, 2.75) is 25.5 Å². The normalized spacial score (nSPS) is 11.5. The summed E-state index contributed by atoms with van der Waals surface area (Å²) in [7, 11) is 3.88. The molecular weight excluding hydrogens is 277 g/mol. The quantitative estimate of drug-likeness (QED) is 0.618. The Balaban J connectivity index is 2.43. The number of carbonyl (C=O) groups excluding carboxylic acids is 2. The highest BCUT2D eigenvalue weighted by atomic mass is 31.0. The zero-order chi connectivity index (χ0) is 14.8. The van der Waals surface area contributed by atoms with Crippen LogP contribution in [0.2, 0.25) is 0 Å². The number of hydrogen-bond acceptors (Lipinski definition) is 4. The van der Waals surface area contributed by atoms with E-state index in [1.54, 1.807) is 0 Å². The van der Waals surface area contributed by atoms with Crippen molar-refractivity contribution >= 4 is 21.3 Å². The molecule has 0 saturated carbocycles. The number of hydrogen-bond donors (Lipinski definition) is 1. The number of benzene rings is 1. The van der Waals surface area contributed by atoms with Gasteiger partial charge in [-0.05, 0) is 24.6 Å². The average molecular weight is 297 g/mol. The van der Waals surface area contributed by atoms with Crippen molar-refractivity contribution in [3.05, 3.63) is 35.9 Å². The molecule has 0 saturated heterocycles.